The predicted molar refractivity (Wildman–Crippen MR) is 132 cm³/mol. The van der Waals surface area contributed by atoms with Crippen LogP contribution >= 0.6 is 11.8 Å². The fourth-order valence-electron chi connectivity index (χ4n) is 4.51. The lowest BCUT2D eigenvalue weighted by Gasteiger charge is -2.32. The van der Waals surface area contributed by atoms with Gasteiger partial charge in [-0.2, -0.15) is 5.26 Å². The maximum absolute atomic E-state index is 13.1. The number of nitriles is 1. The summed E-state index contributed by atoms with van der Waals surface area (Å²) in [7, 11) is 0. The van der Waals surface area contributed by atoms with Crippen LogP contribution in [0.3, 0.4) is 0 Å². The van der Waals surface area contributed by atoms with Crippen molar-refractivity contribution in [3.63, 3.8) is 0 Å². The molecule has 5 rings (SSSR count). The number of thioether (sulfide) groups is 1. The lowest BCUT2D eigenvalue weighted by atomic mass is 9.83. The molecule has 1 N–H and O–H groups in total. The van der Waals surface area contributed by atoms with Crippen molar-refractivity contribution in [3.8, 4) is 29.0 Å². The molecule has 9 heteroatoms. The number of hydrogen-bond donors (Lipinski definition) is 1. The molecule has 2 aliphatic rings. The summed E-state index contributed by atoms with van der Waals surface area (Å²) in [4.78, 5) is 13.1. The van der Waals surface area contributed by atoms with Crippen LogP contribution in [-0.2, 0) is 11.3 Å². The summed E-state index contributed by atoms with van der Waals surface area (Å²) in [6, 6.07) is 18.1. The Balaban J connectivity index is 1.40. The van der Waals surface area contributed by atoms with Crippen LogP contribution in [0.5, 0.6) is 11.5 Å². The molecular formula is C26H27N5O3S. The maximum atomic E-state index is 13.1. The summed E-state index contributed by atoms with van der Waals surface area (Å²) < 4.78 is 13.0. The maximum Gasteiger partial charge on any atom is 0.234 e. The standard InChI is InChI=1S/C26H27N5O3S/c1-18(24(32)28-26(16-27)12-6-3-7-13-26)35-25-30-29-23(20-8-4-2-5-9-20)31(25)15-19-10-11-21-22(14-19)34-17-33-21/h2,4-5,8-11,14,18H,3,6-7,12-13,15,17H2,1H3,(H,28,32). The van der Waals surface area contributed by atoms with Gasteiger partial charge >= 0.3 is 0 Å². The molecule has 2 aromatic carbocycles. The SMILES string of the molecule is CC(Sc1nnc(-c2ccccc2)n1Cc1ccc2c(c1)OCO2)C(=O)NC1(C#N)CCCCC1. The van der Waals surface area contributed by atoms with Gasteiger partial charge in [0.1, 0.15) is 5.54 Å². The molecule has 1 unspecified atom stereocenters. The normalized spacial score (nSPS) is 16.9. The van der Waals surface area contributed by atoms with Crippen LogP contribution in [0.1, 0.15) is 44.6 Å². The van der Waals surface area contributed by atoms with Gasteiger partial charge in [-0.05, 0) is 37.5 Å². The Morgan fingerprint density at radius 3 is 2.69 bits per heavy atom. The van der Waals surface area contributed by atoms with Crippen LogP contribution in [0, 0.1) is 11.3 Å². The van der Waals surface area contributed by atoms with Crippen molar-refractivity contribution in [2.75, 3.05) is 6.79 Å². The quantitative estimate of drug-likeness (QED) is 0.486. The molecule has 0 spiro atoms. The van der Waals surface area contributed by atoms with Gasteiger partial charge in [0.25, 0.3) is 0 Å². The van der Waals surface area contributed by atoms with Crippen molar-refractivity contribution < 1.29 is 14.3 Å². The van der Waals surface area contributed by atoms with Crippen molar-refractivity contribution in [2.24, 2.45) is 0 Å². The molecular weight excluding hydrogens is 462 g/mol. The fourth-order valence-corrected chi connectivity index (χ4v) is 5.36. The van der Waals surface area contributed by atoms with Gasteiger partial charge in [0.05, 0.1) is 17.9 Å². The average molecular weight is 490 g/mol. The number of carbonyl (C=O) groups excluding carboxylic acids is 1. The van der Waals surface area contributed by atoms with Crippen molar-refractivity contribution in [1.29, 1.82) is 5.26 Å². The van der Waals surface area contributed by atoms with E-state index in [1.807, 2.05) is 60.0 Å². The van der Waals surface area contributed by atoms with E-state index in [1.165, 1.54) is 11.8 Å². The highest BCUT2D eigenvalue weighted by atomic mass is 32.2. The van der Waals surface area contributed by atoms with Crippen LogP contribution in [0.2, 0.25) is 0 Å². The zero-order chi connectivity index (χ0) is 24.3. The summed E-state index contributed by atoms with van der Waals surface area (Å²) in [5.74, 6) is 2.01. The minimum atomic E-state index is -0.764. The second kappa shape index (κ2) is 10.0. The molecule has 1 aromatic heterocycles. The van der Waals surface area contributed by atoms with Crippen molar-refractivity contribution in [2.45, 2.75) is 61.5 Å². The monoisotopic (exact) mass is 489 g/mol. The third kappa shape index (κ3) is 4.98. The van der Waals surface area contributed by atoms with E-state index in [9.17, 15) is 10.1 Å². The molecule has 1 fully saturated rings. The van der Waals surface area contributed by atoms with Crippen molar-refractivity contribution in [3.05, 3.63) is 54.1 Å². The highest BCUT2D eigenvalue weighted by Crippen LogP contribution is 2.34. The van der Waals surface area contributed by atoms with Crippen molar-refractivity contribution in [1.82, 2.24) is 20.1 Å². The zero-order valence-electron chi connectivity index (χ0n) is 19.6. The van der Waals surface area contributed by atoms with Crippen LogP contribution < -0.4 is 14.8 Å². The number of nitrogens with zero attached hydrogens (tertiary/aromatic N) is 4. The Hall–Kier alpha value is -3.51. The minimum absolute atomic E-state index is 0.155. The number of fused-ring (bicyclic) bond motifs is 1. The first-order chi connectivity index (χ1) is 17.1. The molecule has 180 valence electrons. The van der Waals surface area contributed by atoms with E-state index in [4.69, 9.17) is 9.47 Å². The van der Waals surface area contributed by atoms with E-state index in [-0.39, 0.29) is 12.7 Å². The van der Waals surface area contributed by atoms with Crippen LogP contribution in [-0.4, -0.2) is 38.3 Å². The Morgan fingerprint density at radius 2 is 1.91 bits per heavy atom. The van der Waals surface area contributed by atoms with Gasteiger partial charge < -0.3 is 14.8 Å². The summed E-state index contributed by atoms with van der Waals surface area (Å²) in [6.45, 7) is 2.57. The van der Waals surface area contributed by atoms with Crippen LogP contribution in [0.15, 0.2) is 53.7 Å². The molecule has 2 heterocycles. The molecule has 0 bridgehead atoms. The first-order valence-electron chi connectivity index (χ1n) is 11.8. The Kier molecular flexibility index (Phi) is 6.64. The van der Waals surface area contributed by atoms with Gasteiger partial charge in [-0.1, -0.05) is 67.4 Å². The van der Waals surface area contributed by atoms with Gasteiger partial charge in [-0.3, -0.25) is 9.36 Å². The third-order valence-corrected chi connectivity index (χ3v) is 7.54. The number of carbonyl (C=O) groups is 1. The number of hydrogen-bond acceptors (Lipinski definition) is 7. The number of ether oxygens (including phenoxy) is 2. The highest BCUT2D eigenvalue weighted by molar-refractivity contribution is 8.00. The topological polar surface area (TPSA) is 102 Å². The molecule has 35 heavy (non-hydrogen) atoms. The number of rotatable bonds is 7. The van der Waals surface area contributed by atoms with Gasteiger partial charge in [-0.25, -0.2) is 0 Å². The smallest absolute Gasteiger partial charge is 0.234 e. The van der Waals surface area contributed by atoms with Crippen LogP contribution in [0.25, 0.3) is 11.4 Å². The first kappa shape index (κ1) is 23.2. The van der Waals surface area contributed by atoms with Crippen molar-refractivity contribution >= 4 is 17.7 Å². The first-order valence-corrected chi connectivity index (χ1v) is 12.7. The van der Waals surface area contributed by atoms with Gasteiger partial charge in [0, 0.05) is 5.56 Å². The molecule has 1 amide bonds. The molecule has 0 radical (unpaired) electrons. The summed E-state index contributed by atoms with van der Waals surface area (Å²) in [5, 5.41) is 21.9. The van der Waals surface area contributed by atoms with E-state index < -0.39 is 10.8 Å². The predicted octanol–water partition coefficient (Wildman–Crippen LogP) is 4.55. The third-order valence-electron chi connectivity index (χ3n) is 6.46. The minimum Gasteiger partial charge on any atom is -0.454 e. The molecule has 1 aliphatic carbocycles. The largest absolute Gasteiger partial charge is 0.454 e. The second-order valence-corrected chi connectivity index (χ2v) is 10.3. The van der Waals surface area contributed by atoms with Gasteiger partial charge in [0.2, 0.25) is 12.7 Å². The number of benzene rings is 2. The molecule has 8 nitrogen and oxygen atoms in total. The Morgan fingerprint density at radius 1 is 1.14 bits per heavy atom. The van der Waals surface area contributed by atoms with Gasteiger partial charge in [-0.15, -0.1) is 10.2 Å². The lowest BCUT2D eigenvalue weighted by Crippen LogP contribution is -2.51. The Bertz CT molecular complexity index is 1250. The molecule has 1 aliphatic heterocycles. The Labute approximate surface area is 208 Å². The highest BCUT2D eigenvalue weighted by Gasteiger charge is 2.35. The molecule has 3 aromatic rings. The average Bonchev–Trinajstić information content (AvgIpc) is 3.52. The molecule has 1 saturated carbocycles. The number of amides is 1. The molecule has 1 atom stereocenters. The summed E-state index contributed by atoms with van der Waals surface area (Å²) in [6.07, 6.45) is 4.42. The number of aromatic nitrogens is 3. The van der Waals surface area contributed by atoms with Gasteiger partial charge in [0.15, 0.2) is 22.5 Å². The van der Waals surface area contributed by atoms with Crippen LogP contribution in [0.4, 0.5) is 0 Å². The number of nitrogens with one attached hydrogen (secondary N) is 1. The zero-order valence-corrected chi connectivity index (χ0v) is 20.4. The van der Waals surface area contributed by atoms with E-state index in [0.717, 1.165) is 42.0 Å². The van der Waals surface area contributed by atoms with E-state index in [0.29, 0.717) is 30.3 Å². The summed E-state index contributed by atoms with van der Waals surface area (Å²) in [5.41, 5.74) is 1.19. The second-order valence-electron chi connectivity index (χ2n) is 8.95. The van der Waals surface area contributed by atoms with E-state index in [1.54, 1.807) is 0 Å². The lowest BCUT2D eigenvalue weighted by molar-refractivity contribution is -0.121. The van der Waals surface area contributed by atoms with E-state index in [2.05, 4.69) is 21.6 Å². The fraction of sp³-hybridized carbons (Fsp3) is 0.385. The van der Waals surface area contributed by atoms with E-state index >= 15 is 0 Å². The summed E-state index contributed by atoms with van der Waals surface area (Å²) >= 11 is 1.35. The molecule has 0 saturated heterocycles.